The molecule has 6 nitrogen and oxygen atoms in total. The molecule has 2 saturated heterocycles. The van der Waals surface area contributed by atoms with Crippen molar-refractivity contribution in [3.05, 3.63) is 35.5 Å². The van der Waals surface area contributed by atoms with Crippen LogP contribution in [0.2, 0.25) is 0 Å². The van der Waals surface area contributed by atoms with E-state index in [2.05, 4.69) is 15.5 Å². The fourth-order valence-electron chi connectivity index (χ4n) is 2.34. The summed E-state index contributed by atoms with van der Waals surface area (Å²) in [7, 11) is 0. The van der Waals surface area contributed by atoms with Crippen LogP contribution in [-0.4, -0.2) is 38.2 Å². The minimum absolute atomic E-state index is 0.274. The second-order valence-electron chi connectivity index (χ2n) is 4.62. The number of amides is 3. The van der Waals surface area contributed by atoms with Gasteiger partial charge in [0.1, 0.15) is 5.70 Å². The summed E-state index contributed by atoms with van der Waals surface area (Å²) in [6.45, 7) is 3.03. The zero-order valence-electron chi connectivity index (χ0n) is 10.9. The predicted octanol–water partition coefficient (Wildman–Crippen LogP) is 0.703. The van der Waals surface area contributed by atoms with Crippen molar-refractivity contribution in [2.45, 2.75) is 0 Å². The lowest BCUT2D eigenvalue weighted by molar-refractivity contribution is -0.115. The number of urea groups is 1. The fraction of sp³-hybridized carbons (Fsp3) is 0.286. The highest BCUT2D eigenvalue weighted by Crippen LogP contribution is 2.23. The number of ether oxygens (including phenoxy) is 1. The smallest absolute Gasteiger partial charge is 0.326 e. The van der Waals surface area contributed by atoms with Gasteiger partial charge in [0.25, 0.3) is 5.91 Å². The van der Waals surface area contributed by atoms with Crippen LogP contribution >= 0.6 is 0 Å². The number of carbonyl (C=O) groups excluding carboxylic acids is 2. The summed E-state index contributed by atoms with van der Waals surface area (Å²) >= 11 is 0. The number of hydrogen-bond acceptors (Lipinski definition) is 4. The number of anilines is 1. The van der Waals surface area contributed by atoms with Gasteiger partial charge in [0.15, 0.2) is 0 Å². The highest BCUT2D eigenvalue weighted by Gasteiger charge is 2.23. The molecule has 0 bridgehead atoms. The lowest BCUT2D eigenvalue weighted by atomic mass is 10.1. The number of nitrogens with zero attached hydrogens (tertiary/aromatic N) is 1. The first kappa shape index (κ1) is 12.7. The third-order valence-electron chi connectivity index (χ3n) is 3.31. The molecule has 0 spiro atoms. The third-order valence-corrected chi connectivity index (χ3v) is 3.31. The second kappa shape index (κ2) is 5.34. The molecule has 1 aromatic carbocycles. The Labute approximate surface area is 116 Å². The van der Waals surface area contributed by atoms with Crippen LogP contribution in [0.1, 0.15) is 5.56 Å². The zero-order chi connectivity index (χ0) is 13.9. The Balaban J connectivity index is 1.91. The molecule has 2 N–H and O–H groups in total. The molecule has 3 amide bonds. The van der Waals surface area contributed by atoms with Gasteiger partial charge in [0.2, 0.25) is 0 Å². The van der Waals surface area contributed by atoms with Gasteiger partial charge in [-0.2, -0.15) is 0 Å². The van der Waals surface area contributed by atoms with E-state index in [4.69, 9.17) is 4.74 Å². The molecule has 2 heterocycles. The summed E-state index contributed by atoms with van der Waals surface area (Å²) in [4.78, 5) is 24.9. The molecule has 2 aliphatic heterocycles. The number of benzene rings is 1. The van der Waals surface area contributed by atoms with Crippen molar-refractivity contribution in [2.24, 2.45) is 0 Å². The summed E-state index contributed by atoms with van der Waals surface area (Å²) in [5, 5.41) is 4.70. The number of imide groups is 1. The summed E-state index contributed by atoms with van der Waals surface area (Å²) in [5.41, 5.74) is 2.22. The molecule has 20 heavy (non-hydrogen) atoms. The SMILES string of the molecule is O=C1NC(=O)/C(=C/c2ccccc2N2CCOCC2)N1. The Morgan fingerprint density at radius 3 is 2.55 bits per heavy atom. The van der Waals surface area contributed by atoms with Crippen molar-refractivity contribution in [3.63, 3.8) is 0 Å². The molecule has 0 unspecified atom stereocenters. The van der Waals surface area contributed by atoms with E-state index in [-0.39, 0.29) is 5.70 Å². The number of hydrogen-bond donors (Lipinski definition) is 2. The number of morpholine rings is 1. The number of rotatable bonds is 2. The molecule has 2 aliphatic rings. The first-order chi connectivity index (χ1) is 9.74. The highest BCUT2D eigenvalue weighted by atomic mass is 16.5. The van der Waals surface area contributed by atoms with Crippen LogP contribution < -0.4 is 15.5 Å². The van der Waals surface area contributed by atoms with E-state index >= 15 is 0 Å². The Kier molecular flexibility index (Phi) is 3.39. The van der Waals surface area contributed by atoms with Gasteiger partial charge >= 0.3 is 6.03 Å². The number of nitrogens with one attached hydrogen (secondary N) is 2. The average Bonchev–Trinajstić information content (AvgIpc) is 2.78. The Bertz CT molecular complexity index is 577. The van der Waals surface area contributed by atoms with Crippen LogP contribution in [0.4, 0.5) is 10.5 Å². The summed E-state index contributed by atoms with van der Waals surface area (Å²) in [6.07, 6.45) is 1.70. The molecule has 0 aliphatic carbocycles. The minimum atomic E-state index is -0.481. The molecule has 2 fully saturated rings. The van der Waals surface area contributed by atoms with Gasteiger partial charge in [0.05, 0.1) is 13.2 Å². The van der Waals surface area contributed by atoms with Gasteiger partial charge in [-0.3, -0.25) is 10.1 Å². The summed E-state index contributed by atoms with van der Waals surface area (Å²) in [6, 6.07) is 7.32. The normalized spacial score (nSPS) is 21.0. The maximum atomic E-state index is 11.6. The van der Waals surface area contributed by atoms with Crippen molar-refractivity contribution in [1.29, 1.82) is 0 Å². The lowest BCUT2D eigenvalue weighted by Gasteiger charge is -2.30. The third kappa shape index (κ3) is 2.50. The Hall–Kier alpha value is -2.34. The largest absolute Gasteiger partial charge is 0.378 e. The van der Waals surface area contributed by atoms with Crippen LogP contribution in [0.5, 0.6) is 0 Å². The molecule has 0 radical (unpaired) electrons. The van der Waals surface area contributed by atoms with Crippen LogP contribution in [-0.2, 0) is 9.53 Å². The van der Waals surface area contributed by atoms with E-state index in [0.717, 1.165) is 24.3 Å². The monoisotopic (exact) mass is 273 g/mol. The maximum Gasteiger partial charge on any atom is 0.326 e. The first-order valence-electron chi connectivity index (χ1n) is 6.50. The van der Waals surface area contributed by atoms with Crippen LogP contribution in [0.25, 0.3) is 6.08 Å². The van der Waals surface area contributed by atoms with Crippen molar-refractivity contribution in [1.82, 2.24) is 10.6 Å². The Morgan fingerprint density at radius 1 is 1.10 bits per heavy atom. The number of carbonyl (C=O) groups is 2. The van der Waals surface area contributed by atoms with Crippen LogP contribution in [0.15, 0.2) is 30.0 Å². The van der Waals surface area contributed by atoms with Crippen molar-refractivity contribution < 1.29 is 14.3 Å². The molecule has 1 aromatic rings. The van der Waals surface area contributed by atoms with Gasteiger partial charge in [-0.1, -0.05) is 18.2 Å². The number of para-hydroxylation sites is 1. The summed E-state index contributed by atoms with van der Waals surface area (Å²) < 4.78 is 5.35. The summed E-state index contributed by atoms with van der Waals surface area (Å²) in [5.74, 6) is -0.396. The van der Waals surface area contributed by atoms with E-state index in [1.54, 1.807) is 6.08 Å². The van der Waals surface area contributed by atoms with E-state index in [1.807, 2.05) is 24.3 Å². The minimum Gasteiger partial charge on any atom is -0.378 e. The predicted molar refractivity (Wildman–Crippen MR) is 74.1 cm³/mol. The van der Waals surface area contributed by atoms with E-state index in [1.165, 1.54) is 0 Å². The van der Waals surface area contributed by atoms with Gasteiger partial charge in [-0.15, -0.1) is 0 Å². The van der Waals surface area contributed by atoms with Crippen molar-refractivity contribution in [3.8, 4) is 0 Å². The van der Waals surface area contributed by atoms with Gasteiger partial charge in [0, 0.05) is 24.3 Å². The van der Waals surface area contributed by atoms with Gasteiger partial charge < -0.3 is 15.0 Å². The molecule has 3 rings (SSSR count). The average molecular weight is 273 g/mol. The second-order valence-corrected chi connectivity index (χ2v) is 4.62. The fourth-order valence-corrected chi connectivity index (χ4v) is 2.34. The molecule has 104 valence electrons. The molecule has 6 heteroatoms. The van der Waals surface area contributed by atoms with Crippen molar-refractivity contribution >= 4 is 23.7 Å². The van der Waals surface area contributed by atoms with Gasteiger partial charge in [-0.05, 0) is 12.1 Å². The Morgan fingerprint density at radius 2 is 1.85 bits per heavy atom. The molecular weight excluding hydrogens is 258 g/mol. The molecule has 0 atom stereocenters. The van der Waals surface area contributed by atoms with E-state index in [9.17, 15) is 9.59 Å². The quantitative estimate of drug-likeness (QED) is 0.615. The van der Waals surface area contributed by atoms with Gasteiger partial charge in [-0.25, -0.2) is 4.79 Å². The lowest BCUT2D eigenvalue weighted by Crippen LogP contribution is -2.36. The van der Waals surface area contributed by atoms with Crippen molar-refractivity contribution in [2.75, 3.05) is 31.2 Å². The van der Waals surface area contributed by atoms with Crippen LogP contribution in [0, 0.1) is 0 Å². The van der Waals surface area contributed by atoms with E-state index in [0.29, 0.717) is 13.2 Å². The maximum absolute atomic E-state index is 11.6. The first-order valence-corrected chi connectivity index (χ1v) is 6.50. The molecular formula is C14H15N3O3. The highest BCUT2D eigenvalue weighted by molar-refractivity contribution is 6.14. The van der Waals surface area contributed by atoms with E-state index < -0.39 is 11.9 Å². The van der Waals surface area contributed by atoms with Crippen LogP contribution in [0.3, 0.4) is 0 Å². The standard InChI is InChI=1S/C14H15N3O3/c18-13-11(15-14(19)16-13)9-10-3-1-2-4-12(10)17-5-7-20-8-6-17/h1-4,9H,5-8H2,(H2,15,16,18,19)/b11-9-. The molecule has 0 aromatic heterocycles. The zero-order valence-corrected chi connectivity index (χ0v) is 10.9. The topological polar surface area (TPSA) is 70.7 Å². The molecule has 0 saturated carbocycles.